The lowest BCUT2D eigenvalue weighted by atomic mass is 10.0. The zero-order valence-electron chi connectivity index (χ0n) is 19.2. The van der Waals surface area contributed by atoms with E-state index in [1.807, 2.05) is 48.0 Å². The fraction of sp³-hybridized carbons (Fsp3) is 0.107. The summed E-state index contributed by atoms with van der Waals surface area (Å²) in [7, 11) is 0. The third-order valence-corrected chi connectivity index (χ3v) is 6.33. The molecule has 0 saturated heterocycles. The minimum absolute atomic E-state index is 0.128. The molecule has 0 fully saturated rings. The van der Waals surface area contributed by atoms with Crippen molar-refractivity contribution in [1.29, 1.82) is 0 Å². The van der Waals surface area contributed by atoms with Crippen molar-refractivity contribution in [3.8, 4) is 16.9 Å². The van der Waals surface area contributed by atoms with Gasteiger partial charge in [-0.2, -0.15) is 5.10 Å². The summed E-state index contributed by atoms with van der Waals surface area (Å²) < 4.78 is 15.3. The average Bonchev–Trinajstić information content (AvgIpc) is 3.26. The molecule has 5 nitrogen and oxygen atoms in total. The number of nitrogens with one attached hydrogen (secondary N) is 1. The van der Waals surface area contributed by atoms with E-state index in [0.717, 1.165) is 29.4 Å². The second kappa shape index (κ2) is 9.31. The Kier molecular flexibility index (Phi) is 6.05. The number of hydrogen-bond donors (Lipinski definition) is 1. The molecule has 3 aromatic carbocycles. The molecular weight excluding hydrogens is 463 g/mol. The molecule has 1 amide bonds. The first kappa shape index (κ1) is 22.7. The Bertz CT molecular complexity index is 1560. The lowest BCUT2D eigenvalue weighted by Crippen LogP contribution is -2.13. The lowest BCUT2D eigenvalue weighted by Gasteiger charge is -2.12. The number of halogens is 2. The molecule has 0 saturated carbocycles. The minimum atomic E-state index is -0.471. The van der Waals surface area contributed by atoms with Crippen LogP contribution in [0, 0.1) is 12.7 Å². The van der Waals surface area contributed by atoms with Crippen LogP contribution in [0.5, 0.6) is 0 Å². The molecule has 0 aliphatic carbocycles. The van der Waals surface area contributed by atoms with Crippen LogP contribution < -0.4 is 5.32 Å². The number of hydrogen-bond acceptors (Lipinski definition) is 3. The molecule has 2 aromatic heterocycles. The van der Waals surface area contributed by atoms with Crippen LogP contribution in [-0.4, -0.2) is 20.7 Å². The van der Waals surface area contributed by atoms with E-state index in [1.54, 1.807) is 12.3 Å². The summed E-state index contributed by atoms with van der Waals surface area (Å²) in [5.41, 5.74) is 6.02. The van der Waals surface area contributed by atoms with E-state index >= 15 is 0 Å². The van der Waals surface area contributed by atoms with E-state index in [1.165, 1.54) is 17.7 Å². The second-order valence-corrected chi connectivity index (χ2v) is 8.63. The van der Waals surface area contributed by atoms with Gasteiger partial charge in [0.15, 0.2) is 0 Å². The monoisotopic (exact) mass is 484 g/mol. The largest absolute Gasteiger partial charge is 0.321 e. The number of fused-ring (bicyclic) bond motifs is 1. The summed E-state index contributed by atoms with van der Waals surface area (Å²) >= 11 is 6.13. The van der Waals surface area contributed by atoms with Crippen molar-refractivity contribution >= 4 is 34.1 Å². The highest BCUT2D eigenvalue weighted by molar-refractivity contribution is 6.34. The van der Waals surface area contributed by atoms with Gasteiger partial charge in [-0.3, -0.25) is 4.79 Å². The van der Waals surface area contributed by atoms with Crippen molar-refractivity contribution in [1.82, 2.24) is 14.8 Å². The smallest absolute Gasteiger partial charge is 0.256 e. The second-order valence-electron chi connectivity index (χ2n) is 8.23. The normalized spacial score (nSPS) is 11.1. The number of carbonyl (C=O) groups is 1. The van der Waals surface area contributed by atoms with Gasteiger partial charge in [0, 0.05) is 10.9 Å². The van der Waals surface area contributed by atoms with Gasteiger partial charge >= 0.3 is 0 Å². The van der Waals surface area contributed by atoms with Crippen LogP contribution in [0.2, 0.25) is 5.02 Å². The van der Waals surface area contributed by atoms with E-state index in [9.17, 15) is 9.18 Å². The molecular formula is C28H22ClFN4O. The van der Waals surface area contributed by atoms with Crippen LogP contribution in [0.1, 0.15) is 28.5 Å². The molecule has 0 spiro atoms. The summed E-state index contributed by atoms with van der Waals surface area (Å²) in [6.45, 7) is 4.10. The number of aryl methyl sites for hydroxylation is 1. The molecule has 174 valence electrons. The Balaban J connectivity index is 1.57. The van der Waals surface area contributed by atoms with Crippen LogP contribution >= 0.6 is 11.6 Å². The van der Waals surface area contributed by atoms with Gasteiger partial charge < -0.3 is 5.32 Å². The fourth-order valence-electron chi connectivity index (χ4n) is 4.08. The number of nitrogens with zero attached hydrogens (tertiary/aromatic N) is 3. The standard InChI is InChI=1S/C28H22ClFN4O/c1-3-18-8-11-20(12-9-18)34-17(2)23(16-31-34)27-15-22(21-6-4-5-7-25(21)32-27)28(35)33-26-13-10-19(30)14-24(26)29/h4-16H,3H2,1-2H3,(H,33,35). The van der Waals surface area contributed by atoms with Crippen LogP contribution in [-0.2, 0) is 6.42 Å². The number of rotatable bonds is 5. The maximum absolute atomic E-state index is 13.4. The molecule has 2 heterocycles. The first-order chi connectivity index (χ1) is 16.9. The highest BCUT2D eigenvalue weighted by atomic mass is 35.5. The molecule has 5 rings (SSSR count). The molecule has 7 heteroatoms. The zero-order valence-corrected chi connectivity index (χ0v) is 20.0. The predicted molar refractivity (Wildman–Crippen MR) is 138 cm³/mol. The van der Waals surface area contributed by atoms with Crippen LogP contribution in [0.3, 0.4) is 0 Å². The summed E-state index contributed by atoms with van der Waals surface area (Å²) in [6, 6.07) is 21.3. The van der Waals surface area contributed by atoms with Crippen molar-refractivity contribution in [2.45, 2.75) is 20.3 Å². The SMILES string of the molecule is CCc1ccc(-n2ncc(-c3cc(C(=O)Nc4ccc(F)cc4Cl)c4ccccc4n3)c2C)cc1. The van der Waals surface area contributed by atoms with Crippen molar-refractivity contribution in [3.05, 3.63) is 107 Å². The predicted octanol–water partition coefficient (Wildman–Crippen LogP) is 7.00. The van der Waals surface area contributed by atoms with E-state index in [4.69, 9.17) is 16.6 Å². The van der Waals surface area contributed by atoms with E-state index in [2.05, 4.69) is 29.5 Å². The van der Waals surface area contributed by atoms with E-state index in [-0.39, 0.29) is 10.9 Å². The first-order valence-electron chi connectivity index (χ1n) is 11.2. The van der Waals surface area contributed by atoms with Gasteiger partial charge in [-0.25, -0.2) is 14.1 Å². The van der Waals surface area contributed by atoms with Crippen molar-refractivity contribution < 1.29 is 9.18 Å². The Morgan fingerprint density at radius 2 is 1.83 bits per heavy atom. The van der Waals surface area contributed by atoms with Gasteiger partial charge in [-0.05, 0) is 61.4 Å². The quantitative estimate of drug-likeness (QED) is 0.292. The van der Waals surface area contributed by atoms with Gasteiger partial charge in [0.2, 0.25) is 0 Å². The highest BCUT2D eigenvalue weighted by Crippen LogP contribution is 2.30. The lowest BCUT2D eigenvalue weighted by molar-refractivity contribution is 0.102. The summed E-state index contributed by atoms with van der Waals surface area (Å²) in [6.07, 6.45) is 2.73. The number of para-hydroxylation sites is 1. The van der Waals surface area contributed by atoms with Crippen molar-refractivity contribution in [3.63, 3.8) is 0 Å². The Hall–Kier alpha value is -4.03. The molecule has 0 aliphatic heterocycles. The molecule has 5 aromatic rings. The minimum Gasteiger partial charge on any atom is -0.321 e. The van der Waals surface area contributed by atoms with Gasteiger partial charge in [0.25, 0.3) is 5.91 Å². The first-order valence-corrected chi connectivity index (χ1v) is 11.6. The number of pyridine rings is 1. The highest BCUT2D eigenvalue weighted by Gasteiger charge is 2.18. The van der Waals surface area contributed by atoms with E-state index in [0.29, 0.717) is 27.8 Å². The zero-order chi connectivity index (χ0) is 24.5. The third-order valence-electron chi connectivity index (χ3n) is 6.02. The summed E-state index contributed by atoms with van der Waals surface area (Å²) in [5, 5.41) is 8.21. The Labute approximate surface area is 207 Å². The molecule has 0 radical (unpaired) electrons. The van der Waals surface area contributed by atoms with Crippen LogP contribution in [0.25, 0.3) is 27.8 Å². The summed E-state index contributed by atoms with van der Waals surface area (Å²) in [4.78, 5) is 18.1. The van der Waals surface area contributed by atoms with Crippen molar-refractivity contribution in [2.75, 3.05) is 5.32 Å². The number of aromatic nitrogens is 3. The summed E-state index contributed by atoms with van der Waals surface area (Å²) in [5.74, 6) is -0.833. The molecule has 0 atom stereocenters. The van der Waals surface area contributed by atoms with Gasteiger partial charge in [-0.15, -0.1) is 0 Å². The van der Waals surface area contributed by atoms with Crippen LogP contribution in [0.4, 0.5) is 10.1 Å². The van der Waals surface area contributed by atoms with Crippen LogP contribution in [0.15, 0.2) is 79.0 Å². The Morgan fingerprint density at radius 3 is 2.57 bits per heavy atom. The van der Waals surface area contributed by atoms with Crippen molar-refractivity contribution in [2.24, 2.45) is 0 Å². The number of carbonyl (C=O) groups excluding carboxylic acids is 1. The number of anilines is 1. The molecule has 0 aliphatic rings. The Morgan fingerprint density at radius 1 is 1.06 bits per heavy atom. The topological polar surface area (TPSA) is 59.8 Å². The van der Waals surface area contributed by atoms with Gasteiger partial charge in [-0.1, -0.05) is 48.9 Å². The third kappa shape index (κ3) is 4.40. The van der Waals surface area contributed by atoms with Gasteiger partial charge in [0.05, 0.1) is 45.1 Å². The maximum atomic E-state index is 13.4. The number of amides is 1. The fourth-order valence-corrected chi connectivity index (χ4v) is 4.29. The molecule has 0 unspecified atom stereocenters. The molecule has 0 bridgehead atoms. The molecule has 35 heavy (non-hydrogen) atoms. The average molecular weight is 485 g/mol. The maximum Gasteiger partial charge on any atom is 0.256 e. The number of benzene rings is 3. The molecule has 1 N–H and O–H groups in total. The van der Waals surface area contributed by atoms with E-state index < -0.39 is 5.82 Å². The van der Waals surface area contributed by atoms with Gasteiger partial charge in [0.1, 0.15) is 5.82 Å².